The van der Waals surface area contributed by atoms with Crippen molar-refractivity contribution in [3.8, 4) is 16.9 Å². The summed E-state index contributed by atoms with van der Waals surface area (Å²) in [7, 11) is -3.35. The molecule has 3 aromatic carbocycles. The van der Waals surface area contributed by atoms with Gasteiger partial charge in [0.1, 0.15) is 17.7 Å². The highest BCUT2D eigenvalue weighted by atomic mass is 19.4. The van der Waals surface area contributed by atoms with Gasteiger partial charge in [0.05, 0.1) is 43.1 Å². The monoisotopic (exact) mass is 646 g/mol. The Hall–Kier alpha value is -3.97. The van der Waals surface area contributed by atoms with E-state index in [-0.39, 0.29) is 29.2 Å². The number of benzene rings is 3. The van der Waals surface area contributed by atoms with Crippen molar-refractivity contribution in [2.45, 2.75) is 63.8 Å². The van der Waals surface area contributed by atoms with Gasteiger partial charge >= 0.3 is 24.6 Å². The number of cyclic esters (lactones) is 1. The van der Waals surface area contributed by atoms with Crippen molar-refractivity contribution in [3.63, 3.8) is 0 Å². The molecule has 3 aromatic rings. The SMILES string of the molecule is [2H]C([2H])([2H])Oc1ccc(F)c(C([2H])(C)C)c1-c1ccc(C(F)(F)F)cc1C([2H])([2H])N1C(=O)O[C@H](c2cc(C(F)(F)F)cc(C(F)(F)F)c2)[C@@H]1C([2H])([2H])[2H]. The zero-order chi connectivity index (χ0) is 40.7. The van der Waals surface area contributed by atoms with Crippen LogP contribution in [0.1, 0.15) is 78.4 Å². The largest absolute Gasteiger partial charge is 0.496 e. The average molecular weight is 647 g/mol. The molecule has 0 unspecified atom stereocenters. The van der Waals surface area contributed by atoms with Crippen molar-refractivity contribution < 1.29 is 70.5 Å². The summed E-state index contributed by atoms with van der Waals surface area (Å²) in [6, 6.07) is -0.904. The Labute approximate surface area is 257 Å². The van der Waals surface area contributed by atoms with E-state index < -0.39 is 119 Å². The predicted molar refractivity (Wildman–Crippen MR) is 138 cm³/mol. The smallest absolute Gasteiger partial charge is 0.416 e. The first-order valence-electron chi connectivity index (χ1n) is 16.7. The van der Waals surface area contributed by atoms with Crippen molar-refractivity contribution in [3.05, 3.63) is 87.7 Å². The molecule has 1 amide bonds. The number of carbonyl (C=O) groups is 1. The molecule has 0 bridgehead atoms. The van der Waals surface area contributed by atoms with Crippen molar-refractivity contribution >= 4 is 6.09 Å². The maximum atomic E-state index is 15.5. The van der Waals surface area contributed by atoms with Crippen LogP contribution in [-0.4, -0.2) is 24.1 Å². The Balaban J connectivity index is 2.10. The minimum atomic E-state index is -5.47. The van der Waals surface area contributed by atoms with Crippen LogP contribution in [-0.2, 0) is 29.8 Å². The van der Waals surface area contributed by atoms with Gasteiger partial charge in [0.15, 0.2) is 0 Å². The minimum absolute atomic E-state index is 0.0223. The summed E-state index contributed by atoms with van der Waals surface area (Å²) in [5, 5.41) is 0. The molecule has 0 saturated carbocycles. The number of carbonyl (C=O) groups excluding carboxylic acids is 1. The first-order valence-corrected chi connectivity index (χ1v) is 12.2. The summed E-state index contributed by atoms with van der Waals surface area (Å²) in [6.07, 6.45) is -20.9. The molecule has 1 fully saturated rings. The van der Waals surface area contributed by atoms with E-state index in [0.29, 0.717) is 24.3 Å². The molecule has 0 aromatic heterocycles. The van der Waals surface area contributed by atoms with Gasteiger partial charge in [-0.05, 0) is 71.9 Å². The molecule has 1 heterocycles. The molecule has 1 aliphatic rings. The maximum absolute atomic E-state index is 15.5. The highest BCUT2D eigenvalue weighted by Crippen LogP contribution is 2.45. The van der Waals surface area contributed by atoms with Gasteiger partial charge in [-0.25, -0.2) is 9.18 Å². The lowest BCUT2D eigenvalue weighted by atomic mass is 9.88. The highest BCUT2D eigenvalue weighted by Gasteiger charge is 2.44. The lowest BCUT2D eigenvalue weighted by Gasteiger charge is -2.25. The lowest BCUT2D eigenvalue weighted by molar-refractivity contribution is -0.143. The summed E-state index contributed by atoms with van der Waals surface area (Å²) < 4.78 is 223. The Kier molecular flexibility index (Phi) is 5.89. The molecule has 44 heavy (non-hydrogen) atoms. The molecule has 14 heteroatoms. The van der Waals surface area contributed by atoms with Crippen molar-refractivity contribution in [1.82, 2.24) is 4.90 Å². The van der Waals surface area contributed by atoms with Gasteiger partial charge in [0, 0.05) is 16.6 Å². The number of hydrogen-bond donors (Lipinski definition) is 0. The molecule has 0 N–H and O–H groups in total. The van der Waals surface area contributed by atoms with E-state index in [0.717, 1.165) is 13.8 Å². The molecule has 1 saturated heterocycles. The van der Waals surface area contributed by atoms with Crippen LogP contribution in [0.25, 0.3) is 11.1 Å². The second-order valence-electron chi connectivity index (χ2n) is 9.73. The number of hydrogen-bond acceptors (Lipinski definition) is 3. The topological polar surface area (TPSA) is 38.8 Å². The molecule has 0 spiro atoms. The molecule has 4 rings (SSSR count). The number of ether oxygens (including phenoxy) is 2. The van der Waals surface area contributed by atoms with Crippen LogP contribution in [0.3, 0.4) is 0 Å². The van der Waals surface area contributed by atoms with E-state index in [4.69, 9.17) is 21.8 Å². The summed E-state index contributed by atoms with van der Waals surface area (Å²) >= 11 is 0. The second-order valence-corrected chi connectivity index (χ2v) is 9.73. The predicted octanol–water partition coefficient (Wildman–Crippen LogP) is 9.76. The van der Waals surface area contributed by atoms with Crippen molar-refractivity contribution in [2.75, 3.05) is 7.04 Å². The first-order chi connectivity index (χ1) is 23.7. The molecule has 4 nitrogen and oxygen atoms in total. The van der Waals surface area contributed by atoms with Crippen molar-refractivity contribution in [2.24, 2.45) is 0 Å². The second kappa shape index (κ2) is 11.5. The zero-order valence-corrected chi connectivity index (χ0v) is 22.2. The molecular formula is C30H25F10NO3. The van der Waals surface area contributed by atoms with Crippen LogP contribution < -0.4 is 4.74 Å². The first kappa shape index (κ1) is 22.5. The summed E-state index contributed by atoms with van der Waals surface area (Å²) in [5.41, 5.74) is -10.6. The third-order valence-corrected chi connectivity index (χ3v) is 6.51. The van der Waals surface area contributed by atoms with Gasteiger partial charge < -0.3 is 9.47 Å². The molecule has 238 valence electrons. The Morgan fingerprint density at radius 3 is 2.07 bits per heavy atom. The number of nitrogens with zero attached hydrogens (tertiary/aromatic N) is 1. The van der Waals surface area contributed by atoms with Crippen LogP contribution in [0, 0.1) is 5.82 Å². The number of methoxy groups -OCH3 is 1. The molecular weight excluding hydrogens is 612 g/mol. The average Bonchev–Trinajstić information content (AvgIpc) is 3.33. The van der Waals surface area contributed by atoms with Crippen LogP contribution in [0.4, 0.5) is 48.7 Å². The summed E-state index contributed by atoms with van der Waals surface area (Å²) in [4.78, 5) is 13.1. The van der Waals surface area contributed by atoms with E-state index in [1.54, 1.807) is 0 Å². The molecule has 0 radical (unpaired) electrons. The Morgan fingerprint density at radius 1 is 0.932 bits per heavy atom. The van der Waals surface area contributed by atoms with Gasteiger partial charge in [-0.3, -0.25) is 4.90 Å². The number of halogens is 10. The van der Waals surface area contributed by atoms with Crippen molar-refractivity contribution in [1.29, 1.82) is 0 Å². The van der Waals surface area contributed by atoms with Crippen LogP contribution in [0.5, 0.6) is 5.75 Å². The lowest BCUT2D eigenvalue weighted by Crippen LogP contribution is -2.32. The van der Waals surface area contributed by atoms with Crippen LogP contribution >= 0.6 is 0 Å². The maximum Gasteiger partial charge on any atom is 0.416 e. The van der Waals surface area contributed by atoms with E-state index in [1.165, 1.54) is 0 Å². The number of alkyl halides is 9. The van der Waals surface area contributed by atoms with E-state index in [1.807, 2.05) is 0 Å². The summed E-state index contributed by atoms with van der Waals surface area (Å²) in [6.45, 7) is -5.53. The fourth-order valence-electron chi connectivity index (χ4n) is 4.55. The minimum Gasteiger partial charge on any atom is -0.496 e. The molecule has 0 aliphatic carbocycles. The third-order valence-electron chi connectivity index (χ3n) is 6.51. The Morgan fingerprint density at radius 2 is 1.55 bits per heavy atom. The van der Waals surface area contributed by atoms with Gasteiger partial charge in [-0.15, -0.1) is 0 Å². The molecule has 2 atom stereocenters. The number of rotatable bonds is 6. The third kappa shape index (κ3) is 6.43. The Bertz CT molecular complexity index is 1870. The highest BCUT2D eigenvalue weighted by molar-refractivity contribution is 5.79. The zero-order valence-electron chi connectivity index (χ0n) is 31.2. The summed E-state index contributed by atoms with van der Waals surface area (Å²) in [5.74, 6) is -4.20. The van der Waals surface area contributed by atoms with Gasteiger partial charge in [0.2, 0.25) is 0 Å². The van der Waals surface area contributed by atoms with Crippen LogP contribution in [0.2, 0.25) is 0 Å². The molecule has 1 aliphatic heterocycles. The normalized spacial score (nSPS) is 22.0. The van der Waals surface area contributed by atoms with Gasteiger partial charge in [0.25, 0.3) is 0 Å². The number of amides is 1. The van der Waals surface area contributed by atoms with E-state index in [9.17, 15) is 44.3 Å². The fraction of sp³-hybridized carbons (Fsp3) is 0.367. The quantitative estimate of drug-likeness (QED) is 0.251. The van der Waals surface area contributed by atoms with Crippen LogP contribution in [0.15, 0.2) is 48.5 Å². The van der Waals surface area contributed by atoms with E-state index >= 15 is 4.39 Å². The van der Waals surface area contributed by atoms with Gasteiger partial charge in [-0.2, -0.15) is 39.5 Å². The van der Waals surface area contributed by atoms with Gasteiger partial charge in [-0.1, -0.05) is 19.9 Å². The fourth-order valence-corrected chi connectivity index (χ4v) is 4.55. The van der Waals surface area contributed by atoms with E-state index in [2.05, 4.69) is 0 Å². The standard InChI is InChI=1S/C30H25F10NO3/c1-14(2)24-22(31)7-8-23(43-4)25(24)21-6-5-18(28(32,33)34)11-17(21)13-41-15(3)26(44-27(41)42)16-9-19(29(35,36)37)12-20(10-16)30(38,39)40/h5-12,14-15,26H,13H2,1-4H3/t15-,26-/m0/s1/i3D3,4D3,13D2,14D.